The van der Waals surface area contributed by atoms with Crippen LogP contribution in [0.4, 0.5) is 0 Å². The molecule has 9 heteroatoms. The van der Waals surface area contributed by atoms with E-state index in [0.717, 1.165) is 0 Å². The molecule has 164 valence electrons. The number of nitrogens with two attached hydrogens (primary N) is 1. The van der Waals surface area contributed by atoms with Crippen molar-refractivity contribution in [3.63, 3.8) is 0 Å². The Morgan fingerprint density at radius 1 is 1.28 bits per heavy atom. The van der Waals surface area contributed by atoms with Crippen LogP contribution in [0.5, 0.6) is 11.5 Å². The fourth-order valence-corrected chi connectivity index (χ4v) is 4.15. The Balaban J connectivity index is 1.88. The van der Waals surface area contributed by atoms with Gasteiger partial charge in [-0.15, -0.1) is 0 Å². The van der Waals surface area contributed by atoms with Crippen molar-refractivity contribution in [2.24, 2.45) is 5.73 Å². The number of nitrogens with one attached hydrogen (secondary N) is 1. The Morgan fingerprint density at radius 3 is 2.75 bits per heavy atom. The Morgan fingerprint density at radius 2 is 2.09 bits per heavy atom. The number of allylic oxidation sites excluding steroid dienone is 3. The van der Waals surface area contributed by atoms with Crippen LogP contribution < -0.4 is 20.6 Å². The van der Waals surface area contributed by atoms with Crippen LogP contribution in [0.15, 0.2) is 63.7 Å². The molecule has 4 rings (SSSR count). The Hall–Kier alpha value is -4.19. The van der Waals surface area contributed by atoms with Crippen LogP contribution in [0, 0.1) is 11.3 Å². The third kappa shape index (κ3) is 3.46. The molecule has 0 saturated carbocycles. The SMILES string of the molecule is COc1ccc(OC)c(C2C(C#N)=C(N)N(NC(=O)c3ccco3)C3=C2C(=O)CCC3)c1. The molecule has 9 nitrogen and oxygen atoms in total. The van der Waals surface area contributed by atoms with Crippen LogP contribution in [-0.2, 0) is 4.79 Å². The van der Waals surface area contributed by atoms with Crippen LogP contribution in [0.2, 0.25) is 0 Å². The van der Waals surface area contributed by atoms with Gasteiger partial charge in [0.15, 0.2) is 11.5 Å². The molecule has 3 N–H and O–H groups in total. The van der Waals surface area contributed by atoms with E-state index in [0.29, 0.717) is 47.6 Å². The van der Waals surface area contributed by atoms with Gasteiger partial charge in [0.1, 0.15) is 17.3 Å². The van der Waals surface area contributed by atoms with Crippen molar-refractivity contribution in [3.05, 3.63) is 70.6 Å². The molecule has 32 heavy (non-hydrogen) atoms. The monoisotopic (exact) mass is 434 g/mol. The van der Waals surface area contributed by atoms with Crippen molar-refractivity contribution >= 4 is 11.7 Å². The number of rotatable bonds is 5. The number of nitrogens with zero attached hydrogens (tertiary/aromatic N) is 2. The maximum absolute atomic E-state index is 13.1. The molecule has 1 aliphatic carbocycles. The van der Waals surface area contributed by atoms with Crippen LogP contribution in [-0.4, -0.2) is 30.9 Å². The molecule has 2 aliphatic rings. The van der Waals surface area contributed by atoms with Crippen molar-refractivity contribution < 1.29 is 23.5 Å². The molecule has 0 spiro atoms. The van der Waals surface area contributed by atoms with Gasteiger partial charge in [0.25, 0.3) is 0 Å². The number of ketones is 1. The molecule has 1 aliphatic heterocycles. The zero-order valence-electron chi connectivity index (χ0n) is 17.7. The molecular weight excluding hydrogens is 412 g/mol. The molecule has 1 aromatic carbocycles. The summed E-state index contributed by atoms with van der Waals surface area (Å²) in [5.74, 6) is -0.237. The molecule has 0 saturated heterocycles. The van der Waals surface area contributed by atoms with Crippen molar-refractivity contribution in [2.75, 3.05) is 14.2 Å². The number of hydrogen-bond donors (Lipinski definition) is 2. The molecular formula is C23H22N4O5. The average Bonchev–Trinajstić information content (AvgIpc) is 3.35. The van der Waals surface area contributed by atoms with E-state index in [-0.39, 0.29) is 22.9 Å². The summed E-state index contributed by atoms with van der Waals surface area (Å²) < 4.78 is 16.0. The Labute approximate surface area is 184 Å². The quantitative estimate of drug-likeness (QED) is 0.734. The first-order valence-electron chi connectivity index (χ1n) is 10.0. The standard InChI is InChI=1S/C23H22N4O5/c1-30-13-8-9-18(31-2)14(11-13)20-15(12-24)22(25)27(16-5-3-6-17(28)21(16)20)26-23(29)19-7-4-10-32-19/h4,7-11,20H,3,5-6,25H2,1-2H3,(H,26,29). The van der Waals surface area contributed by atoms with Gasteiger partial charge >= 0.3 is 5.91 Å². The number of methoxy groups -OCH3 is 2. The lowest BCUT2D eigenvalue weighted by molar-refractivity contribution is -0.116. The third-order valence-electron chi connectivity index (χ3n) is 5.62. The van der Waals surface area contributed by atoms with Gasteiger partial charge in [-0.1, -0.05) is 0 Å². The van der Waals surface area contributed by atoms with E-state index in [4.69, 9.17) is 19.6 Å². The Kier molecular flexibility index (Phi) is 5.60. The number of ether oxygens (including phenoxy) is 2. The number of benzene rings is 1. The summed E-state index contributed by atoms with van der Waals surface area (Å²) in [5, 5.41) is 11.4. The highest BCUT2D eigenvalue weighted by Crippen LogP contribution is 2.47. The van der Waals surface area contributed by atoms with Gasteiger partial charge in [-0.2, -0.15) is 5.26 Å². The number of amides is 1. The van der Waals surface area contributed by atoms with Crippen molar-refractivity contribution in [1.82, 2.24) is 10.4 Å². The maximum atomic E-state index is 13.1. The van der Waals surface area contributed by atoms with E-state index < -0.39 is 11.8 Å². The first-order valence-corrected chi connectivity index (χ1v) is 10.0. The number of carbonyl (C=O) groups excluding carboxylic acids is 2. The number of Topliss-reactive ketones (excluding diaryl/α,β-unsaturated/α-hetero) is 1. The predicted octanol–water partition coefficient (Wildman–Crippen LogP) is 2.74. The predicted molar refractivity (Wildman–Crippen MR) is 113 cm³/mol. The minimum absolute atomic E-state index is 0.0377. The molecule has 1 atom stereocenters. The number of hydrazine groups is 1. The van der Waals surface area contributed by atoms with Crippen LogP contribution in [0.25, 0.3) is 0 Å². The van der Waals surface area contributed by atoms with E-state index in [1.807, 2.05) is 0 Å². The highest BCUT2D eigenvalue weighted by molar-refractivity contribution is 6.00. The largest absolute Gasteiger partial charge is 0.497 e. The van der Waals surface area contributed by atoms with E-state index in [1.165, 1.54) is 31.6 Å². The summed E-state index contributed by atoms with van der Waals surface area (Å²) in [4.78, 5) is 25.8. The molecule has 2 aromatic rings. The fourth-order valence-electron chi connectivity index (χ4n) is 4.15. The lowest BCUT2D eigenvalue weighted by Crippen LogP contribution is -2.48. The van der Waals surface area contributed by atoms with E-state index in [1.54, 1.807) is 24.3 Å². The molecule has 1 amide bonds. The van der Waals surface area contributed by atoms with E-state index >= 15 is 0 Å². The third-order valence-corrected chi connectivity index (χ3v) is 5.62. The number of furan rings is 1. The summed E-state index contributed by atoms with van der Waals surface area (Å²) in [6.07, 6.45) is 2.81. The number of hydrogen-bond acceptors (Lipinski definition) is 8. The van der Waals surface area contributed by atoms with E-state index in [2.05, 4.69) is 11.5 Å². The summed E-state index contributed by atoms with van der Waals surface area (Å²) in [5.41, 5.74) is 10.8. The second-order valence-corrected chi connectivity index (χ2v) is 7.34. The summed E-state index contributed by atoms with van der Waals surface area (Å²) in [6.45, 7) is 0. The van der Waals surface area contributed by atoms with Crippen LogP contribution >= 0.6 is 0 Å². The van der Waals surface area contributed by atoms with Crippen molar-refractivity contribution in [3.8, 4) is 17.6 Å². The minimum atomic E-state index is -0.746. The smallest absolute Gasteiger partial charge is 0.305 e. The van der Waals surface area contributed by atoms with Gasteiger partial charge < -0.3 is 19.6 Å². The average molecular weight is 434 g/mol. The highest BCUT2D eigenvalue weighted by atomic mass is 16.5. The number of carbonyl (C=O) groups is 2. The fraction of sp³-hybridized carbons (Fsp3) is 0.261. The van der Waals surface area contributed by atoms with Gasteiger partial charge in [0.2, 0.25) is 0 Å². The first-order chi connectivity index (χ1) is 15.5. The molecule has 1 aromatic heterocycles. The lowest BCUT2D eigenvalue weighted by Gasteiger charge is -2.39. The topological polar surface area (TPSA) is 131 Å². The summed E-state index contributed by atoms with van der Waals surface area (Å²) in [6, 6.07) is 10.4. The van der Waals surface area contributed by atoms with Gasteiger partial charge in [-0.05, 0) is 43.2 Å². The van der Waals surface area contributed by atoms with Gasteiger partial charge in [-0.3, -0.25) is 15.0 Å². The molecule has 1 unspecified atom stereocenters. The van der Waals surface area contributed by atoms with E-state index in [9.17, 15) is 14.9 Å². The summed E-state index contributed by atoms with van der Waals surface area (Å²) in [7, 11) is 3.05. The van der Waals surface area contributed by atoms with Crippen LogP contribution in [0.1, 0.15) is 41.3 Å². The summed E-state index contributed by atoms with van der Waals surface area (Å²) >= 11 is 0. The first kappa shape index (κ1) is 21.1. The molecule has 0 radical (unpaired) electrons. The zero-order valence-corrected chi connectivity index (χ0v) is 17.7. The second kappa shape index (κ2) is 8.51. The second-order valence-electron chi connectivity index (χ2n) is 7.34. The van der Waals surface area contributed by atoms with Gasteiger partial charge in [-0.25, -0.2) is 5.01 Å². The van der Waals surface area contributed by atoms with Crippen molar-refractivity contribution in [2.45, 2.75) is 25.2 Å². The van der Waals surface area contributed by atoms with Crippen LogP contribution in [0.3, 0.4) is 0 Å². The normalized spacial score (nSPS) is 18.2. The van der Waals surface area contributed by atoms with Gasteiger partial charge in [0, 0.05) is 23.3 Å². The highest BCUT2D eigenvalue weighted by Gasteiger charge is 2.41. The maximum Gasteiger partial charge on any atom is 0.305 e. The van der Waals surface area contributed by atoms with Gasteiger partial charge in [0.05, 0.1) is 38.0 Å². The number of nitriles is 1. The minimum Gasteiger partial charge on any atom is -0.497 e. The molecule has 0 bridgehead atoms. The lowest BCUT2D eigenvalue weighted by atomic mass is 9.75. The Bertz CT molecular complexity index is 1170. The molecule has 2 heterocycles. The zero-order chi connectivity index (χ0) is 22.8. The molecule has 0 fully saturated rings. The van der Waals surface area contributed by atoms with Crippen molar-refractivity contribution in [1.29, 1.82) is 5.26 Å².